The zero-order chi connectivity index (χ0) is 19.3. The van der Waals surface area contributed by atoms with E-state index in [2.05, 4.69) is 0 Å². The summed E-state index contributed by atoms with van der Waals surface area (Å²) in [5.74, 6) is -0.873. The van der Waals surface area contributed by atoms with Gasteiger partial charge >= 0.3 is 12.1 Å². The van der Waals surface area contributed by atoms with Gasteiger partial charge in [-0.05, 0) is 55.5 Å². The van der Waals surface area contributed by atoms with Crippen LogP contribution in [0, 0.1) is 0 Å². The predicted octanol–water partition coefficient (Wildman–Crippen LogP) is 4.31. The summed E-state index contributed by atoms with van der Waals surface area (Å²) in [4.78, 5) is 22.1. The van der Waals surface area contributed by atoms with Crippen LogP contribution in [0.3, 0.4) is 0 Å². The zero-order valence-electron chi connectivity index (χ0n) is 13.6. The molecule has 2 rings (SSSR count). The number of carboxylic acid groups (broad SMARTS) is 1. The number of ether oxygens (including phenoxy) is 2. The summed E-state index contributed by atoms with van der Waals surface area (Å²) in [5, 5.41) is 8.58. The summed E-state index contributed by atoms with van der Waals surface area (Å²) in [6, 6.07) is 10.3. The van der Waals surface area contributed by atoms with Gasteiger partial charge in [0.2, 0.25) is 0 Å². The average molecular weight is 368 g/mol. The van der Waals surface area contributed by atoms with Gasteiger partial charge in [0.15, 0.2) is 11.9 Å². The molecular weight excluding hydrogens is 353 g/mol. The number of halogens is 3. The van der Waals surface area contributed by atoms with Crippen LogP contribution >= 0.6 is 0 Å². The van der Waals surface area contributed by atoms with Crippen LogP contribution < -0.4 is 9.47 Å². The monoisotopic (exact) mass is 368 g/mol. The first kappa shape index (κ1) is 19.3. The van der Waals surface area contributed by atoms with Gasteiger partial charge in [-0.15, -0.1) is 0 Å². The normalized spacial score (nSPS) is 12.3. The summed E-state index contributed by atoms with van der Waals surface area (Å²) in [6.07, 6.45) is -5.96. The van der Waals surface area contributed by atoms with Crippen molar-refractivity contribution in [3.63, 3.8) is 0 Å². The lowest BCUT2D eigenvalue weighted by Crippen LogP contribution is -2.25. The van der Waals surface area contributed by atoms with E-state index in [4.69, 9.17) is 14.6 Å². The van der Waals surface area contributed by atoms with E-state index in [1.54, 1.807) is 0 Å². The Bertz CT molecular complexity index is 767. The molecule has 0 amide bonds. The van der Waals surface area contributed by atoms with Crippen molar-refractivity contribution < 1.29 is 37.3 Å². The Morgan fingerprint density at radius 1 is 0.962 bits per heavy atom. The Morgan fingerprint density at radius 2 is 1.42 bits per heavy atom. The van der Waals surface area contributed by atoms with E-state index in [1.807, 2.05) is 0 Å². The third-order valence-corrected chi connectivity index (χ3v) is 3.33. The highest BCUT2D eigenvalue weighted by atomic mass is 19.4. The molecule has 0 saturated carbocycles. The topological polar surface area (TPSA) is 72.8 Å². The van der Waals surface area contributed by atoms with Gasteiger partial charge in [-0.3, -0.25) is 9.59 Å². The van der Waals surface area contributed by atoms with Crippen molar-refractivity contribution >= 4 is 11.8 Å². The maximum absolute atomic E-state index is 12.5. The van der Waals surface area contributed by atoms with Crippen molar-refractivity contribution in [1.82, 2.24) is 0 Å². The van der Waals surface area contributed by atoms with Crippen molar-refractivity contribution in [2.24, 2.45) is 0 Å². The Hall–Kier alpha value is -3.03. The predicted molar refractivity (Wildman–Crippen MR) is 85.3 cm³/mol. The number of benzene rings is 2. The number of carboxylic acids is 1. The second-order valence-corrected chi connectivity index (χ2v) is 5.39. The maximum atomic E-state index is 12.5. The molecule has 138 valence electrons. The molecule has 2 aromatic carbocycles. The van der Waals surface area contributed by atoms with Crippen molar-refractivity contribution in [1.29, 1.82) is 0 Å². The van der Waals surface area contributed by atoms with Crippen LogP contribution in [-0.2, 0) is 15.8 Å². The number of ketones is 1. The molecule has 2 aromatic rings. The van der Waals surface area contributed by atoms with Gasteiger partial charge in [0, 0.05) is 0 Å². The first-order chi connectivity index (χ1) is 12.1. The summed E-state index contributed by atoms with van der Waals surface area (Å²) < 4.78 is 48.3. The van der Waals surface area contributed by atoms with Crippen molar-refractivity contribution in [2.45, 2.75) is 25.6 Å². The minimum atomic E-state index is -4.41. The number of hydrogen-bond acceptors (Lipinski definition) is 4. The Kier molecular flexibility index (Phi) is 5.86. The molecule has 0 aliphatic rings. The molecule has 1 atom stereocenters. The van der Waals surface area contributed by atoms with Gasteiger partial charge in [0.25, 0.3) is 0 Å². The SMILES string of the molecule is CC(Oc1ccc(Oc2ccc(C(F)(F)F)cc2)cc1)C(=O)CC(=O)O. The molecule has 0 heterocycles. The van der Waals surface area contributed by atoms with Crippen LogP contribution in [0.15, 0.2) is 48.5 Å². The van der Waals surface area contributed by atoms with Crippen molar-refractivity contribution in [3.05, 3.63) is 54.1 Å². The molecule has 0 aliphatic heterocycles. The van der Waals surface area contributed by atoms with E-state index in [1.165, 1.54) is 43.3 Å². The highest BCUT2D eigenvalue weighted by Crippen LogP contribution is 2.31. The van der Waals surface area contributed by atoms with Gasteiger partial charge in [0.05, 0.1) is 5.56 Å². The highest BCUT2D eigenvalue weighted by molar-refractivity contribution is 5.97. The highest BCUT2D eigenvalue weighted by Gasteiger charge is 2.30. The summed E-state index contributed by atoms with van der Waals surface area (Å²) >= 11 is 0. The zero-order valence-corrected chi connectivity index (χ0v) is 13.6. The number of alkyl halides is 3. The third kappa shape index (κ3) is 5.51. The average Bonchev–Trinajstić information content (AvgIpc) is 2.55. The largest absolute Gasteiger partial charge is 0.483 e. The third-order valence-electron chi connectivity index (χ3n) is 3.33. The lowest BCUT2D eigenvalue weighted by atomic mass is 10.2. The second kappa shape index (κ2) is 7.90. The molecule has 26 heavy (non-hydrogen) atoms. The number of rotatable bonds is 7. The Morgan fingerprint density at radius 3 is 1.88 bits per heavy atom. The number of Topliss-reactive ketones (excluding diaryl/α,β-unsaturated/α-hetero) is 1. The fourth-order valence-corrected chi connectivity index (χ4v) is 2.00. The van der Waals surface area contributed by atoms with Crippen LogP contribution in [0.4, 0.5) is 13.2 Å². The standard InChI is InChI=1S/C18H15F3O5/c1-11(16(22)10-17(23)24)25-13-6-8-15(9-7-13)26-14-4-2-12(3-5-14)18(19,20)21/h2-9,11H,10H2,1H3,(H,23,24). The van der Waals surface area contributed by atoms with Crippen LogP contribution in [-0.4, -0.2) is 23.0 Å². The molecule has 5 nitrogen and oxygen atoms in total. The quantitative estimate of drug-likeness (QED) is 0.738. The molecule has 8 heteroatoms. The van der Waals surface area contributed by atoms with E-state index in [9.17, 15) is 22.8 Å². The molecular formula is C18H15F3O5. The molecule has 1 N–H and O–H groups in total. The van der Waals surface area contributed by atoms with Crippen molar-refractivity contribution in [2.75, 3.05) is 0 Å². The first-order valence-electron chi connectivity index (χ1n) is 7.51. The molecule has 0 saturated heterocycles. The second-order valence-electron chi connectivity index (χ2n) is 5.39. The van der Waals surface area contributed by atoms with E-state index < -0.39 is 36.0 Å². The van der Waals surface area contributed by atoms with Gasteiger partial charge < -0.3 is 14.6 Å². The summed E-state index contributed by atoms with van der Waals surface area (Å²) in [6.45, 7) is 1.44. The minimum absolute atomic E-state index is 0.233. The molecule has 0 fully saturated rings. The minimum Gasteiger partial charge on any atom is -0.483 e. The summed E-state index contributed by atoms with van der Waals surface area (Å²) in [5.41, 5.74) is -0.770. The van der Waals surface area contributed by atoms with Crippen molar-refractivity contribution in [3.8, 4) is 17.2 Å². The molecule has 0 aliphatic carbocycles. The van der Waals surface area contributed by atoms with E-state index in [0.29, 0.717) is 11.5 Å². The van der Waals surface area contributed by atoms with Gasteiger partial charge in [-0.2, -0.15) is 13.2 Å². The fourth-order valence-electron chi connectivity index (χ4n) is 2.00. The lowest BCUT2D eigenvalue weighted by Gasteiger charge is -2.13. The summed E-state index contributed by atoms with van der Waals surface area (Å²) in [7, 11) is 0. The molecule has 0 aromatic heterocycles. The fraction of sp³-hybridized carbons (Fsp3) is 0.222. The van der Waals surface area contributed by atoms with Gasteiger partial charge in [0.1, 0.15) is 23.7 Å². The number of hydrogen-bond donors (Lipinski definition) is 1. The first-order valence-corrected chi connectivity index (χ1v) is 7.51. The number of aliphatic carboxylic acids is 1. The lowest BCUT2D eigenvalue weighted by molar-refractivity contribution is -0.142. The molecule has 0 spiro atoms. The van der Waals surface area contributed by atoms with Crippen LogP contribution in [0.25, 0.3) is 0 Å². The maximum Gasteiger partial charge on any atom is 0.416 e. The van der Waals surface area contributed by atoms with E-state index >= 15 is 0 Å². The number of carbonyl (C=O) groups is 2. The van der Waals surface area contributed by atoms with E-state index in [-0.39, 0.29) is 5.75 Å². The van der Waals surface area contributed by atoms with Crippen LogP contribution in [0.5, 0.6) is 17.2 Å². The van der Waals surface area contributed by atoms with Crippen LogP contribution in [0.2, 0.25) is 0 Å². The van der Waals surface area contributed by atoms with Gasteiger partial charge in [-0.1, -0.05) is 0 Å². The smallest absolute Gasteiger partial charge is 0.416 e. The van der Waals surface area contributed by atoms with Gasteiger partial charge in [-0.25, -0.2) is 0 Å². The Balaban J connectivity index is 1.97. The number of carbonyl (C=O) groups excluding carboxylic acids is 1. The van der Waals surface area contributed by atoms with Crippen LogP contribution in [0.1, 0.15) is 18.9 Å². The van der Waals surface area contributed by atoms with E-state index in [0.717, 1.165) is 12.1 Å². The molecule has 0 radical (unpaired) electrons. The molecule has 0 bridgehead atoms. The Labute approximate surface area is 147 Å². The molecule has 1 unspecified atom stereocenters.